The Morgan fingerprint density at radius 2 is 2.18 bits per heavy atom. The topological polar surface area (TPSA) is 58.1 Å². The summed E-state index contributed by atoms with van der Waals surface area (Å²) in [6, 6.07) is 5.82. The average Bonchev–Trinajstić information content (AvgIpc) is 2.72. The molecule has 4 nitrogen and oxygen atoms in total. The second kappa shape index (κ2) is 4.41. The zero-order valence-corrected chi connectivity index (χ0v) is 10.9. The molecule has 5 heteroatoms. The number of aromatic amines is 1. The molecule has 0 spiro atoms. The standard InChI is InChI=1S/C12H15N3OS/c1-12(2,3)17(16)14-8-10-6-4-5-9-7-13-15-11(9)10/h4-8H,1-3H3,(H,13,15)/b14-8+. The second-order valence-electron chi connectivity index (χ2n) is 4.78. The van der Waals surface area contributed by atoms with Gasteiger partial charge in [-0.3, -0.25) is 5.10 Å². The monoisotopic (exact) mass is 249 g/mol. The van der Waals surface area contributed by atoms with Gasteiger partial charge in [-0.1, -0.05) is 18.2 Å². The summed E-state index contributed by atoms with van der Waals surface area (Å²) in [5.41, 5.74) is 1.82. The van der Waals surface area contributed by atoms with Crippen LogP contribution in [0.15, 0.2) is 28.8 Å². The first-order valence-corrected chi connectivity index (χ1v) is 6.47. The molecular weight excluding hydrogens is 234 g/mol. The number of H-pyrrole nitrogens is 1. The molecule has 90 valence electrons. The number of benzene rings is 1. The molecule has 2 rings (SSSR count). The van der Waals surface area contributed by atoms with Crippen LogP contribution >= 0.6 is 0 Å². The van der Waals surface area contributed by atoms with Crippen molar-refractivity contribution in [1.29, 1.82) is 0 Å². The molecular formula is C12H15N3OS. The maximum absolute atomic E-state index is 11.8. The van der Waals surface area contributed by atoms with Gasteiger partial charge in [-0.05, 0) is 20.8 Å². The number of para-hydroxylation sites is 1. The van der Waals surface area contributed by atoms with Gasteiger partial charge >= 0.3 is 0 Å². The normalized spacial score (nSPS) is 14.5. The van der Waals surface area contributed by atoms with Gasteiger partial charge in [-0.25, -0.2) is 4.21 Å². The quantitative estimate of drug-likeness (QED) is 0.831. The van der Waals surface area contributed by atoms with Crippen molar-refractivity contribution >= 4 is 28.1 Å². The Hall–Kier alpha value is -1.49. The first-order valence-electron chi connectivity index (χ1n) is 5.36. The molecule has 1 aromatic carbocycles. The van der Waals surface area contributed by atoms with E-state index in [0.29, 0.717) is 0 Å². The minimum Gasteiger partial charge on any atom is -0.277 e. The lowest BCUT2D eigenvalue weighted by Crippen LogP contribution is -2.19. The molecule has 0 aliphatic carbocycles. The summed E-state index contributed by atoms with van der Waals surface area (Å²) < 4.78 is 15.6. The van der Waals surface area contributed by atoms with Gasteiger partial charge in [-0.2, -0.15) is 9.50 Å². The zero-order chi connectivity index (χ0) is 12.5. The molecule has 0 fully saturated rings. The molecule has 1 aromatic heterocycles. The van der Waals surface area contributed by atoms with Crippen LogP contribution in [0.3, 0.4) is 0 Å². The van der Waals surface area contributed by atoms with E-state index in [4.69, 9.17) is 0 Å². The van der Waals surface area contributed by atoms with E-state index in [1.807, 2.05) is 39.0 Å². The first-order chi connectivity index (χ1) is 7.98. The van der Waals surface area contributed by atoms with Crippen LogP contribution < -0.4 is 0 Å². The van der Waals surface area contributed by atoms with E-state index >= 15 is 0 Å². The van der Waals surface area contributed by atoms with Gasteiger partial charge in [0.05, 0.1) is 16.5 Å². The second-order valence-corrected chi connectivity index (χ2v) is 6.71. The van der Waals surface area contributed by atoms with Crippen LogP contribution in [0, 0.1) is 0 Å². The van der Waals surface area contributed by atoms with Crippen LogP contribution in [0.2, 0.25) is 0 Å². The molecule has 17 heavy (non-hydrogen) atoms. The molecule has 0 aliphatic rings. The summed E-state index contributed by atoms with van der Waals surface area (Å²) >= 11 is 0. The van der Waals surface area contributed by atoms with Gasteiger partial charge in [0.2, 0.25) is 0 Å². The Morgan fingerprint density at radius 1 is 1.41 bits per heavy atom. The number of fused-ring (bicyclic) bond motifs is 1. The van der Waals surface area contributed by atoms with Crippen molar-refractivity contribution in [2.24, 2.45) is 4.40 Å². The van der Waals surface area contributed by atoms with Crippen LogP contribution in [0.4, 0.5) is 0 Å². The molecule has 1 atom stereocenters. The lowest BCUT2D eigenvalue weighted by atomic mass is 10.2. The number of nitrogens with zero attached hydrogens (tertiary/aromatic N) is 2. The third-order valence-corrected chi connectivity index (χ3v) is 3.66. The van der Waals surface area contributed by atoms with E-state index in [0.717, 1.165) is 16.5 Å². The average molecular weight is 249 g/mol. The third-order valence-electron chi connectivity index (χ3n) is 2.32. The van der Waals surface area contributed by atoms with Crippen LogP contribution in [0.5, 0.6) is 0 Å². The summed E-state index contributed by atoms with van der Waals surface area (Å²) in [6.07, 6.45) is 3.40. The Labute approximate surface area is 103 Å². The SMILES string of the molecule is CC(C)(C)S(=O)/N=C/c1cccc2cn[nH]c12. The number of aromatic nitrogens is 2. The number of hydrogen-bond donors (Lipinski definition) is 1. The van der Waals surface area contributed by atoms with E-state index in [2.05, 4.69) is 14.6 Å². The van der Waals surface area contributed by atoms with Crippen molar-refractivity contribution in [2.45, 2.75) is 25.5 Å². The van der Waals surface area contributed by atoms with Crippen molar-refractivity contribution < 1.29 is 4.21 Å². The van der Waals surface area contributed by atoms with E-state index in [9.17, 15) is 4.21 Å². The van der Waals surface area contributed by atoms with E-state index < -0.39 is 11.0 Å². The summed E-state index contributed by atoms with van der Waals surface area (Å²) in [5.74, 6) is 0. The number of hydrogen-bond acceptors (Lipinski definition) is 2. The maximum Gasteiger partial charge on any atom is 0.144 e. The highest BCUT2D eigenvalue weighted by atomic mass is 32.2. The predicted molar refractivity (Wildman–Crippen MR) is 71.6 cm³/mol. The molecule has 0 bridgehead atoms. The van der Waals surface area contributed by atoms with Gasteiger partial charge in [-0.15, -0.1) is 0 Å². The highest BCUT2D eigenvalue weighted by molar-refractivity contribution is 7.85. The Morgan fingerprint density at radius 3 is 2.88 bits per heavy atom. The molecule has 0 amide bonds. The fraction of sp³-hybridized carbons (Fsp3) is 0.333. The fourth-order valence-corrected chi connectivity index (χ4v) is 1.89. The summed E-state index contributed by atoms with van der Waals surface area (Å²) in [5, 5.41) is 7.91. The smallest absolute Gasteiger partial charge is 0.144 e. The minimum atomic E-state index is -1.23. The lowest BCUT2D eigenvalue weighted by Gasteiger charge is -2.12. The molecule has 0 saturated heterocycles. The van der Waals surface area contributed by atoms with Crippen molar-refractivity contribution in [1.82, 2.24) is 10.2 Å². The van der Waals surface area contributed by atoms with Crippen molar-refractivity contribution in [3.63, 3.8) is 0 Å². The molecule has 0 saturated carbocycles. The van der Waals surface area contributed by atoms with Crippen molar-refractivity contribution in [2.75, 3.05) is 0 Å². The van der Waals surface area contributed by atoms with Crippen molar-refractivity contribution in [3.8, 4) is 0 Å². The Bertz CT molecular complexity index is 581. The fourth-order valence-electron chi connectivity index (χ4n) is 1.36. The lowest BCUT2D eigenvalue weighted by molar-refractivity contribution is 0.651. The predicted octanol–water partition coefficient (Wildman–Crippen LogP) is 2.44. The van der Waals surface area contributed by atoms with E-state index in [1.165, 1.54) is 0 Å². The molecule has 1 unspecified atom stereocenters. The summed E-state index contributed by atoms with van der Waals surface area (Å²) in [6.45, 7) is 5.70. The Balaban J connectivity index is 2.33. The van der Waals surface area contributed by atoms with Gasteiger partial charge in [0, 0.05) is 17.2 Å². The third kappa shape index (κ3) is 2.61. The molecule has 1 N–H and O–H groups in total. The number of nitrogens with one attached hydrogen (secondary N) is 1. The summed E-state index contributed by atoms with van der Waals surface area (Å²) in [7, 11) is -1.23. The van der Waals surface area contributed by atoms with E-state index in [1.54, 1.807) is 12.4 Å². The molecule has 0 radical (unpaired) electrons. The van der Waals surface area contributed by atoms with Gasteiger partial charge < -0.3 is 0 Å². The van der Waals surface area contributed by atoms with Crippen LogP contribution in [0.1, 0.15) is 26.3 Å². The van der Waals surface area contributed by atoms with E-state index in [-0.39, 0.29) is 4.75 Å². The number of rotatable bonds is 2. The molecule has 2 aromatic rings. The summed E-state index contributed by atoms with van der Waals surface area (Å²) in [4.78, 5) is 0. The van der Waals surface area contributed by atoms with Gasteiger partial charge in [0.15, 0.2) is 0 Å². The van der Waals surface area contributed by atoms with Crippen LogP contribution in [-0.2, 0) is 11.0 Å². The highest BCUT2D eigenvalue weighted by Gasteiger charge is 2.18. The maximum atomic E-state index is 11.8. The molecule has 1 heterocycles. The van der Waals surface area contributed by atoms with Gasteiger partial charge in [0.25, 0.3) is 0 Å². The Kier molecular flexibility index (Phi) is 3.11. The highest BCUT2D eigenvalue weighted by Crippen LogP contribution is 2.15. The zero-order valence-electron chi connectivity index (χ0n) is 10.1. The van der Waals surface area contributed by atoms with Crippen LogP contribution in [0.25, 0.3) is 10.9 Å². The molecule has 0 aliphatic heterocycles. The van der Waals surface area contributed by atoms with Crippen molar-refractivity contribution in [3.05, 3.63) is 30.0 Å². The first kappa shape index (κ1) is 12.0. The minimum absolute atomic E-state index is 0.335. The van der Waals surface area contributed by atoms with Gasteiger partial charge in [0.1, 0.15) is 11.0 Å². The van der Waals surface area contributed by atoms with Crippen LogP contribution in [-0.4, -0.2) is 25.4 Å². The largest absolute Gasteiger partial charge is 0.277 e.